The van der Waals surface area contributed by atoms with E-state index in [-0.39, 0.29) is 16.4 Å². The number of allylic oxidation sites excluding steroid dienone is 5. The number of halogens is 3. The van der Waals surface area contributed by atoms with Crippen LogP contribution in [0.25, 0.3) is 5.57 Å². The molecular weight excluding hydrogens is 377 g/mol. The molecule has 0 saturated heterocycles. The fourth-order valence-electron chi connectivity index (χ4n) is 3.89. The van der Waals surface area contributed by atoms with Crippen molar-refractivity contribution in [1.29, 1.82) is 0 Å². The SMILES string of the molecule is CC(/C=C/C=C(\c1cc2c(cc1C)C(C)(C)CCC2(C)C)C(F)(F)F)=C\C(=O)O. The number of carboxylic acid groups (broad SMARTS) is 1. The third kappa shape index (κ3) is 5.20. The number of hydrogen-bond acceptors (Lipinski definition) is 1. The summed E-state index contributed by atoms with van der Waals surface area (Å²) in [5.74, 6) is -1.14. The molecule has 1 aromatic carbocycles. The minimum Gasteiger partial charge on any atom is -0.478 e. The fraction of sp³-hybridized carbons (Fsp3) is 0.458. The first kappa shape index (κ1) is 23.0. The van der Waals surface area contributed by atoms with E-state index in [1.165, 1.54) is 19.1 Å². The maximum absolute atomic E-state index is 13.9. The van der Waals surface area contributed by atoms with Gasteiger partial charge in [-0.25, -0.2) is 4.79 Å². The average molecular weight is 406 g/mol. The summed E-state index contributed by atoms with van der Waals surface area (Å²) in [4.78, 5) is 10.7. The number of alkyl halides is 3. The van der Waals surface area contributed by atoms with Crippen LogP contribution in [0.4, 0.5) is 13.2 Å². The normalized spacial score (nSPS) is 19.3. The van der Waals surface area contributed by atoms with Crippen molar-refractivity contribution >= 4 is 11.5 Å². The molecule has 0 spiro atoms. The molecule has 0 radical (unpaired) electrons. The summed E-state index contributed by atoms with van der Waals surface area (Å²) >= 11 is 0. The van der Waals surface area contributed by atoms with Crippen LogP contribution in [0.5, 0.6) is 0 Å². The molecule has 158 valence electrons. The van der Waals surface area contributed by atoms with Crippen molar-refractivity contribution < 1.29 is 23.1 Å². The van der Waals surface area contributed by atoms with Crippen molar-refractivity contribution in [3.05, 3.63) is 64.3 Å². The lowest BCUT2D eigenvalue weighted by Crippen LogP contribution is -2.34. The Morgan fingerprint density at radius 1 is 1.07 bits per heavy atom. The standard InChI is InChI=1S/C24H29F3O2/c1-15(12-21(28)29)8-7-9-18(24(25,26)27)17-14-20-19(13-16(17)2)22(3,4)10-11-23(20,5)6/h7-9,12-14H,10-11H2,1-6H3,(H,28,29)/b8-7+,15-12+,18-9+. The van der Waals surface area contributed by atoms with Crippen LogP contribution in [0.1, 0.15) is 69.7 Å². The van der Waals surface area contributed by atoms with Gasteiger partial charge >= 0.3 is 12.1 Å². The first-order valence-corrected chi connectivity index (χ1v) is 9.68. The fourth-order valence-corrected chi connectivity index (χ4v) is 3.89. The molecule has 2 nitrogen and oxygen atoms in total. The van der Waals surface area contributed by atoms with Gasteiger partial charge in [-0.15, -0.1) is 0 Å². The van der Waals surface area contributed by atoms with Crippen molar-refractivity contribution in [1.82, 2.24) is 0 Å². The van der Waals surface area contributed by atoms with Crippen molar-refractivity contribution in [2.75, 3.05) is 0 Å². The molecule has 1 aliphatic rings. The number of fused-ring (bicyclic) bond motifs is 1. The van der Waals surface area contributed by atoms with E-state index < -0.39 is 17.7 Å². The summed E-state index contributed by atoms with van der Waals surface area (Å²) in [5, 5.41) is 8.73. The Labute approximate surface area is 170 Å². The Hall–Kier alpha value is -2.30. The molecule has 2 rings (SSSR count). The van der Waals surface area contributed by atoms with Crippen LogP contribution in [0.2, 0.25) is 0 Å². The van der Waals surface area contributed by atoms with Gasteiger partial charge in [0.1, 0.15) is 0 Å². The summed E-state index contributed by atoms with van der Waals surface area (Å²) in [7, 11) is 0. The number of aryl methyl sites for hydroxylation is 1. The van der Waals surface area contributed by atoms with Gasteiger partial charge in [-0.3, -0.25) is 0 Å². The molecule has 5 heteroatoms. The lowest BCUT2D eigenvalue weighted by Gasteiger charge is -2.42. The van der Waals surface area contributed by atoms with Crippen molar-refractivity contribution in [3.63, 3.8) is 0 Å². The summed E-state index contributed by atoms with van der Waals surface area (Å²) in [6.45, 7) is 11.7. The largest absolute Gasteiger partial charge is 0.478 e. The van der Waals surface area contributed by atoms with Crippen molar-refractivity contribution in [3.8, 4) is 0 Å². The molecule has 0 bridgehead atoms. The maximum atomic E-state index is 13.9. The van der Waals surface area contributed by atoms with E-state index in [2.05, 4.69) is 27.7 Å². The second-order valence-electron chi connectivity index (χ2n) is 9.14. The zero-order chi connectivity index (χ0) is 22.2. The van der Waals surface area contributed by atoms with Gasteiger partial charge in [-0.2, -0.15) is 13.2 Å². The molecule has 0 aromatic heterocycles. The molecule has 1 aromatic rings. The smallest absolute Gasteiger partial charge is 0.416 e. The Morgan fingerprint density at radius 3 is 2.07 bits per heavy atom. The van der Waals surface area contributed by atoms with Crippen LogP contribution in [0, 0.1) is 6.92 Å². The van der Waals surface area contributed by atoms with Gasteiger partial charge in [0.25, 0.3) is 0 Å². The maximum Gasteiger partial charge on any atom is 0.416 e. The molecule has 0 saturated carbocycles. The lowest BCUT2D eigenvalue weighted by atomic mass is 9.62. The second-order valence-corrected chi connectivity index (χ2v) is 9.14. The van der Waals surface area contributed by atoms with Crippen LogP contribution >= 0.6 is 0 Å². The van der Waals surface area contributed by atoms with Gasteiger partial charge in [0.15, 0.2) is 0 Å². The van der Waals surface area contributed by atoms with Crippen LogP contribution in [-0.4, -0.2) is 17.3 Å². The molecular formula is C24H29F3O2. The number of carboxylic acids is 1. The number of aliphatic carboxylic acids is 1. The molecule has 29 heavy (non-hydrogen) atoms. The topological polar surface area (TPSA) is 37.3 Å². The summed E-state index contributed by atoms with van der Waals surface area (Å²) < 4.78 is 41.7. The molecule has 0 atom stereocenters. The highest BCUT2D eigenvalue weighted by molar-refractivity contribution is 5.81. The minimum atomic E-state index is -4.53. The quantitative estimate of drug-likeness (QED) is 0.437. The van der Waals surface area contributed by atoms with Crippen LogP contribution in [0.15, 0.2) is 42.0 Å². The molecule has 0 unspecified atom stereocenters. The van der Waals surface area contributed by atoms with Gasteiger partial charge in [0, 0.05) is 6.08 Å². The van der Waals surface area contributed by atoms with Crippen LogP contribution in [0.3, 0.4) is 0 Å². The monoisotopic (exact) mass is 406 g/mol. The molecule has 0 fully saturated rings. The lowest BCUT2D eigenvalue weighted by molar-refractivity contribution is -0.131. The van der Waals surface area contributed by atoms with Gasteiger partial charge in [-0.1, -0.05) is 52.0 Å². The Bertz CT molecular complexity index is 897. The summed E-state index contributed by atoms with van der Waals surface area (Å²) in [6.07, 6.45) is 1.97. The zero-order valence-corrected chi connectivity index (χ0v) is 17.9. The number of benzene rings is 1. The molecule has 1 aliphatic carbocycles. The first-order valence-electron chi connectivity index (χ1n) is 9.68. The highest BCUT2D eigenvalue weighted by Crippen LogP contribution is 2.48. The average Bonchev–Trinajstić information content (AvgIpc) is 2.54. The van der Waals surface area contributed by atoms with Gasteiger partial charge in [0.05, 0.1) is 5.57 Å². The molecule has 1 N–H and O–H groups in total. The highest BCUT2D eigenvalue weighted by atomic mass is 19.4. The van der Waals surface area contributed by atoms with Gasteiger partial charge in [-0.05, 0) is 71.4 Å². The zero-order valence-electron chi connectivity index (χ0n) is 17.9. The van der Waals surface area contributed by atoms with E-state index in [1.54, 1.807) is 13.0 Å². The molecule has 0 amide bonds. The third-order valence-electron chi connectivity index (χ3n) is 5.77. The highest BCUT2D eigenvalue weighted by Gasteiger charge is 2.40. The van der Waals surface area contributed by atoms with E-state index in [9.17, 15) is 18.0 Å². The van der Waals surface area contributed by atoms with E-state index in [0.717, 1.165) is 36.1 Å². The van der Waals surface area contributed by atoms with Crippen LogP contribution in [-0.2, 0) is 15.6 Å². The number of hydrogen-bond donors (Lipinski definition) is 1. The predicted molar refractivity (Wildman–Crippen MR) is 111 cm³/mol. The first-order chi connectivity index (χ1) is 13.1. The van der Waals surface area contributed by atoms with Gasteiger partial charge < -0.3 is 5.11 Å². The second kappa shape index (κ2) is 7.85. The van der Waals surface area contributed by atoms with E-state index in [4.69, 9.17) is 5.11 Å². The van der Waals surface area contributed by atoms with Gasteiger partial charge in [0.2, 0.25) is 0 Å². The van der Waals surface area contributed by atoms with Crippen molar-refractivity contribution in [2.24, 2.45) is 0 Å². The summed E-state index contributed by atoms with van der Waals surface area (Å²) in [6, 6.07) is 3.61. The Balaban J connectivity index is 2.63. The minimum absolute atomic E-state index is 0.0745. The molecule has 0 aliphatic heterocycles. The number of rotatable bonds is 4. The predicted octanol–water partition coefficient (Wildman–Crippen LogP) is 6.88. The Morgan fingerprint density at radius 2 is 1.59 bits per heavy atom. The van der Waals surface area contributed by atoms with E-state index in [1.807, 2.05) is 6.07 Å². The Kier molecular flexibility index (Phi) is 6.22. The third-order valence-corrected chi connectivity index (χ3v) is 5.77. The van der Waals surface area contributed by atoms with Crippen LogP contribution < -0.4 is 0 Å². The molecule has 0 heterocycles. The van der Waals surface area contributed by atoms with E-state index in [0.29, 0.717) is 11.1 Å². The van der Waals surface area contributed by atoms with Crippen molar-refractivity contribution in [2.45, 2.75) is 71.4 Å². The number of carbonyl (C=O) groups is 1. The summed E-state index contributed by atoms with van der Waals surface area (Å²) in [5.41, 5.74) is 2.21. The van der Waals surface area contributed by atoms with E-state index >= 15 is 0 Å².